The van der Waals surface area contributed by atoms with Crippen LogP contribution in [0.1, 0.15) is 80.4 Å². The van der Waals surface area contributed by atoms with Crippen LogP contribution in [0.15, 0.2) is 48.8 Å². The molecule has 14 nitrogen and oxygen atoms in total. The van der Waals surface area contributed by atoms with Crippen LogP contribution in [0.5, 0.6) is 5.75 Å². The molecule has 0 bridgehead atoms. The van der Waals surface area contributed by atoms with E-state index < -0.39 is 35.2 Å². The monoisotopic (exact) mass is 794 g/mol. The minimum absolute atomic E-state index is 0.0757. The van der Waals surface area contributed by atoms with Crippen molar-refractivity contribution in [1.29, 1.82) is 0 Å². The number of carbonyl (C=O) groups excluding carboxylic acids is 3. The number of aromatic amines is 1. The van der Waals surface area contributed by atoms with E-state index in [1.54, 1.807) is 16.9 Å². The van der Waals surface area contributed by atoms with Crippen molar-refractivity contribution >= 4 is 29.2 Å². The Morgan fingerprint density at radius 3 is 2.46 bits per heavy atom. The summed E-state index contributed by atoms with van der Waals surface area (Å²) in [6, 6.07) is 10.6. The van der Waals surface area contributed by atoms with Gasteiger partial charge in [0.25, 0.3) is 5.91 Å². The Balaban J connectivity index is 0.873. The smallest absolute Gasteiger partial charge is 0.401 e. The molecule has 4 heterocycles. The lowest BCUT2D eigenvalue weighted by Gasteiger charge is -2.46. The van der Waals surface area contributed by atoms with Gasteiger partial charge < -0.3 is 15.0 Å². The first-order valence-corrected chi connectivity index (χ1v) is 19.1. The van der Waals surface area contributed by atoms with E-state index in [1.807, 2.05) is 31.2 Å². The zero-order chi connectivity index (χ0) is 40.6. The number of hydrogen-bond donors (Lipinski definition) is 3. The van der Waals surface area contributed by atoms with E-state index in [2.05, 4.69) is 47.6 Å². The number of aromatic nitrogens is 5. The third kappa shape index (κ3) is 8.45. The van der Waals surface area contributed by atoms with Crippen LogP contribution in [0.25, 0.3) is 5.69 Å². The summed E-state index contributed by atoms with van der Waals surface area (Å²) in [5.41, 5.74) is 0.614. The van der Waals surface area contributed by atoms with Gasteiger partial charge in [0.2, 0.25) is 5.91 Å². The summed E-state index contributed by atoms with van der Waals surface area (Å²) < 4.78 is 63.3. The summed E-state index contributed by atoms with van der Waals surface area (Å²) in [6.45, 7) is 8.52. The number of nitrogens with zero attached hydrogens (tertiary/aromatic N) is 7. The van der Waals surface area contributed by atoms with Gasteiger partial charge in [-0.2, -0.15) is 23.4 Å². The van der Waals surface area contributed by atoms with Crippen LogP contribution in [0, 0.1) is 12.7 Å². The molecule has 0 spiro atoms. The summed E-state index contributed by atoms with van der Waals surface area (Å²) >= 11 is 0. The van der Waals surface area contributed by atoms with E-state index >= 15 is 4.39 Å². The van der Waals surface area contributed by atoms with Crippen molar-refractivity contribution in [3.05, 3.63) is 77.4 Å². The third-order valence-electron chi connectivity index (χ3n) is 11.2. The lowest BCUT2D eigenvalue weighted by atomic mass is 9.91. The Morgan fingerprint density at radius 1 is 1.02 bits per heavy atom. The Morgan fingerprint density at radius 2 is 1.77 bits per heavy atom. The van der Waals surface area contributed by atoms with Crippen LogP contribution in [0.3, 0.4) is 0 Å². The highest BCUT2D eigenvalue weighted by molar-refractivity contribution is 6.05. The summed E-state index contributed by atoms with van der Waals surface area (Å²) in [5.74, 6) is -0.878. The fraction of sp³-hybridized carbons (Fsp3) is 0.487. The minimum Gasteiger partial charge on any atom is -0.490 e. The van der Waals surface area contributed by atoms with Crippen molar-refractivity contribution in [1.82, 2.24) is 40.5 Å². The molecule has 18 heteroatoms. The van der Waals surface area contributed by atoms with Gasteiger partial charge in [0.15, 0.2) is 5.82 Å². The lowest BCUT2D eigenvalue weighted by molar-refractivity contribution is -0.182. The molecule has 2 aliphatic heterocycles. The second kappa shape index (κ2) is 15.8. The highest BCUT2D eigenvalue weighted by Crippen LogP contribution is 2.38. The lowest BCUT2D eigenvalue weighted by Crippen LogP contribution is -2.55. The molecule has 2 saturated heterocycles. The number of carbonyl (C=O) groups is 3. The fourth-order valence-electron chi connectivity index (χ4n) is 7.69. The van der Waals surface area contributed by atoms with Gasteiger partial charge in [-0.25, -0.2) is 18.9 Å². The van der Waals surface area contributed by atoms with E-state index in [0.29, 0.717) is 6.04 Å². The third-order valence-corrected chi connectivity index (χ3v) is 11.2. The molecule has 1 aliphatic carbocycles. The largest absolute Gasteiger partial charge is 0.490 e. The van der Waals surface area contributed by atoms with E-state index in [1.165, 1.54) is 17.2 Å². The maximum atomic E-state index is 15.2. The molecule has 2 aromatic carbocycles. The Labute approximate surface area is 326 Å². The number of urea groups is 1. The van der Waals surface area contributed by atoms with Crippen molar-refractivity contribution < 1.29 is 36.7 Å². The number of halogens is 4. The van der Waals surface area contributed by atoms with Gasteiger partial charge in [0.1, 0.15) is 22.8 Å². The molecule has 3 N–H and O–H groups in total. The normalized spacial score (nSPS) is 21.1. The van der Waals surface area contributed by atoms with Crippen LogP contribution in [-0.4, -0.2) is 98.3 Å². The molecule has 3 fully saturated rings. The standard InChI is InChI=1S/C39H46F4N10O4/c1-23-17-29(10-12-31(23)53-22-25(19-45-53)35(55)44-20-33-46-36(49-48-33)38(3,4)39(41,42)43)57-28-8-5-26(6-9-28)50-15-16-51(24(2)21-50)27-7-11-32(30(40)18-27)52-14-13-34(54)47-37(52)56/h7,10-12,17-19,22,24,26,28H,5-6,8-9,13-16,20-21H2,1-4H3,(H,44,55)(H,46,48,49)(H,47,54,56)/t24-,26?,28?/m0/s1. The maximum Gasteiger partial charge on any atom is 0.401 e. The van der Waals surface area contributed by atoms with E-state index in [0.717, 1.165) is 81.9 Å². The van der Waals surface area contributed by atoms with Gasteiger partial charge in [-0.1, -0.05) is 0 Å². The van der Waals surface area contributed by atoms with Gasteiger partial charge >= 0.3 is 12.2 Å². The molecule has 57 heavy (non-hydrogen) atoms. The zero-order valence-electron chi connectivity index (χ0n) is 32.2. The zero-order valence-corrected chi connectivity index (χ0v) is 32.2. The number of imide groups is 1. The Bertz CT molecular complexity index is 2130. The van der Waals surface area contributed by atoms with Crippen molar-refractivity contribution in [3.63, 3.8) is 0 Å². The predicted molar refractivity (Wildman–Crippen MR) is 202 cm³/mol. The second-order valence-corrected chi connectivity index (χ2v) is 15.5. The molecule has 7 rings (SSSR count). The number of anilines is 2. The molecule has 1 saturated carbocycles. The SMILES string of the molecule is Cc1cc(OC2CCC(N3CCN(c4ccc(N5CCC(=O)NC5=O)c(F)c4)[C@@H](C)C3)CC2)ccc1-n1cc(C(=O)NCc2nc(C(C)(C)C(F)(F)F)n[nH]2)cn1. The first-order valence-electron chi connectivity index (χ1n) is 19.1. The van der Waals surface area contributed by atoms with E-state index in [9.17, 15) is 27.6 Å². The molecule has 3 aliphatic rings. The topological polar surface area (TPSA) is 154 Å². The van der Waals surface area contributed by atoms with Gasteiger partial charge in [-0.15, -0.1) is 0 Å². The first kappa shape index (κ1) is 39.7. The van der Waals surface area contributed by atoms with Gasteiger partial charge in [0, 0.05) is 56.6 Å². The van der Waals surface area contributed by atoms with Gasteiger partial charge in [0.05, 0.1) is 35.8 Å². The average molecular weight is 795 g/mol. The predicted octanol–water partition coefficient (Wildman–Crippen LogP) is 5.55. The highest BCUT2D eigenvalue weighted by Gasteiger charge is 2.51. The number of benzene rings is 2. The van der Waals surface area contributed by atoms with Crippen molar-refractivity contribution in [2.24, 2.45) is 0 Å². The second-order valence-electron chi connectivity index (χ2n) is 15.5. The number of H-pyrrole nitrogens is 1. The number of amides is 4. The number of piperazine rings is 1. The minimum atomic E-state index is -4.53. The van der Waals surface area contributed by atoms with Crippen LogP contribution >= 0.6 is 0 Å². The first-order chi connectivity index (χ1) is 27.1. The number of hydrogen-bond acceptors (Lipinski definition) is 9. The Hall–Kier alpha value is -5.52. The van der Waals surface area contributed by atoms with Crippen LogP contribution in [0.4, 0.5) is 33.7 Å². The van der Waals surface area contributed by atoms with Crippen LogP contribution < -0.4 is 25.2 Å². The number of aryl methyl sites for hydroxylation is 1. The molecule has 0 unspecified atom stereocenters. The van der Waals surface area contributed by atoms with E-state index in [4.69, 9.17) is 4.74 Å². The van der Waals surface area contributed by atoms with Gasteiger partial charge in [-0.3, -0.25) is 29.8 Å². The summed E-state index contributed by atoms with van der Waals surface area (Å²) in [5, 5.41) is 15.4. The summed E-state index contributed by atoms with van der Waals surface area (Å²) in [7, 11) is 0. The van der Waals surface area contributed by atoms with E-state index in [-0.39, 0.29) is 54.6 Å². The van der Waals surface area contributed by atoms with Crippen LogP contribution in [0.2, 0.25) is 0 Å². The summed E-state index contributed by atoms with van der Waals surface area (Å²) in [4.78, 5) is 46.5. The fourth-order valence-corrected chi connectivity index (χ4v) is 7.69. The average Bonchev–Trinajstić information content (AvgIpc) is 3.86. The number of rotatable bonds is 10. The maximum absolute atomic E-state index is 15.2. The molecule has 1 atom stereocenters. The van der Waals surface area contributed by atoms with Crippen molar-refractivity contribution in [2.45, 2.75) is 96.1 Å². The van der Waals surface area contributed by atoms with Gasteiger partial charge in [-0.05, 0) is 95.3 Å². The molecule has 4 aromatic rings. The molecular weight excluding hydrogens is 748 g/mol. The molecular formula is C39H46F4N10O4. The number of ether oxygens (including phenoxy) is 1. The molecule has 0 radical (unpaired) electrons. The summed E-state index contributed by atoms with van der Waals surface area (Å²) in [6.07, 6.45) is 2.49. The highest BCUT2D eigenvalue weighted by atomic mass is 19.4. The molecule has 4 amide bonds. The molecule has 2 aromatic heterocycles. The van der Waals surface area contributed by atoms with Crippen LogP contribution in [-0.2, 0) is 16.8 Å². The number of nitrogens with one attached hydrogen (secondary N) is 3. The number of alkyl halides is 3. The molecule has 304 valence electrons. The van der Waals surface area contributed by atoms with Crippen molar-refractivity contribution in [2.75, 3.05) is 36.0 Å². The quantitative estimate of drug-likeness (QED) is 0.175. The van der Waals surface area contributed by atoms with Crippen molar-refractivity contribution in [3.8, 4) is 11.4 Å². The Kier molecular flexibility index (Phi) is 11.0.